The van der Waals surface area contributed by atoms with E-state index >= 15 is 0 Å². The highest BCUT2D eigenvalue weighted by Gasteiger charge is 2.15. The molecule has 21 heavy (non-hydrogen) atoms. The van der Waals surface area contributed by atoms with Gasteiger partial charge in [-0.2, -0.15) is 0 Å². The van der Waals surface area contributed by atoms with Gasteiger partial charge in [-0.1, -0.05) is 6.92 Å². The second kappa shape index (κ2) is 6.96. The van der Waals surface area contributed by atoms with Gasteiger partial charge in [0.25, 0.3) is 5.56 Å². The summed E-state index contributed by atoms with van der Waals surface area (Å²) < 4.78 is 2.37. The Balaban J connectivity index is 3.05. The molecule has 0 atom stereocenters. The minimum absolute atomic E-state index is 0.0558. The molecule has 0 fully saturated rings. The van der Waals surface area contributed by atoms with Gasteiger partial charge in [0.1, 0.15) is 11.5 Å². The molecular weight excluding hydrogens is 274 g/mol. The molecule has 0 aromatic carbocycles. The Morgan fingerprint density at radius 3 is 2.48 bits per heavy atom. The number of rotatable bonds is 6. The van der Waals surface area contributed by atoms with E-state index < -0.39 is 11.2 Å². The van der Waals surface area contributed by atoms with Crippen LogP contribution in [0.15, 0.2) is 9.59 Å². The topological polar surface area (TPSA) is 102 Å². The van der Waals surface area contributed by atoms with E-state index in [0.29, 0.717) is 6.54 Å². The lowest BCUT2D eigenvalue weighted by molar-refractivity contribution is -0.128. The van der Waals surface area contributed by atoms with Crippen molar-refractivity contribution in [1.29, 1.82) is 0 Å². The van der Waals surface area contributed by atoms with E-state index in [1.165, 1.54) is 16.5 Å². The van der Waals surface area contributed by atoms with Crippen molar-refractivity contribution < 1.29 is 4.79 Å². The standard InChI is InChI=1S/C13H23N5O3/c1-5-8-18-11(14)10(12(20)17(4)13(18)21)15-7-6-9(19)16(2)3/h15H,5-8,14H2,1-4H3. The maximum absolute atomic E-state index is 12.1. The Morgan fingerprint density at radius 1 is 1.33 bits per heavy atom. The van der Waals surface area contributed by atoms with Crippen LogP contribution < -0.4 is 22.3 Å². The molecule has 8 nitrogen and oxygen atoms in total. The third-order valence-corrected chi connectivity index (χ3v) is 3.17. The lowest BCUT2D eigenvalue weighted by Gasteiger charge is -2.16. The van der Waals surface area contributed by atoms with Crippen LogP contribution in [-0.4, -0.2) is 40.6 Å². The lowest BCUT2D eigenvalue weighted by Crippen LogP contribution is -2.41. The molecule has 1 rings (SSSR count). The van der Waals surface area contributed by atoms with Crippen LogP contribution in [0.5, 0.6) is 0 Å². The first-order valence-corrected chi connectivity index (χ1v) is 6.84. The Morgan fingerprint density at radius 2 is 1.95 bits per heavy atom. The monoisotopic (exact) mass is 297 g/mol. The van der Waals surface area contributed by atoms with Crippen molar-refractivity contribution in [2.45, 2.75) is 26.3 Å². The molecule has 1 amide bonds. The number of aromatic nitrogens is 2. The molecule has 1 aromatic rings. The van der Waals surface area contributed by atoms with Crippen molar-refractivity contribution in [2.75, 3.05) is 31.7 Å². The predicted octanol–water partition coefficient (Wildman–Crippen LogP) is -0.571. The van der Waals surface area contributed by atoms with Crippen LogP contribution in [-0.2, 0) is 18.4 Å². The molecule has 0 spiro atoms. The predicted molar refractivity (Wildman–Crippen MR) is 82.4 cm³/mol. The van der Waals surface area contributed by atoms with E-state index in [1.54, 1.807) is 14.1 Å². The van der Waals surface area contributed by atoms with Crippen molar-refractivity contribution in [2.24, 2.45) is 7.05 Å². The lowest BCUT2D eigenvalue weighted by atomic mass is 10.3. The van der Waals surface area contributed by atoms with Gasteiger partial charge in [0, 0.05) is 40.7 Å². The Labute approximate surface area is 123 Å². The summed E-state index contributed by atoms with van der Waals surface area (Å²) in [5.74, 6) is 0.0574. The zero-order chi connectivity index (χ0) is 16.2. The Hall–Kier alpha value is -2.25. The molecule has 0 saturated carbocycles. The van der Waals surface area contributed by atoms with Crippen LogP contribution in [0.25, 0.3) is 0 Å². The van der Waals surface area contributed by atoms with E-state index in [2.05, 4.69) is 5.32 Å². The van der Waals surface area contributed by atoms with Crippen LogP contribution in [0, 0.1) is 0 Å². The molecule has 0 unspecified atom stereocenters. The zero-order valence-corrected chi connectivity index (χ0v) is 13.0. The van der Waals surface area contributed by atoms with Crippen LogP contribution in [0.3, 0.4) is 0 Å². The molecule has 8 heteroatoms. The highest BCUT2D eigenvalue weighted by atomic mass is 16.2. The molecule has 1 heterocycles. The largest absolute Gasteiger partial charge is 0.383 e. The number of amides is 1. The van der Waals surface area contributed by atoms with Crippen molar-refractivity contribution in [3.05, 3.63) is 20.8 Å². The molecule has 0 radical (unpaired) electrons. The zero-order valence-electron chi connectivity index (χ0n) is 13.0. The fourth-order valence-electron chi connectivity index (χ4n) is 1.91. The van der Waals surface area contributed by atoms with E-state index in [-0.39, 0.29) is 30.4 Å². The first-order chi connectivity index (χ1) is 9.81. The van der Waals surface area contributed by atoms with E-state index in [9.17, 15) is 14.4 Å². The van der Waals surface area contributed by atoms with Gasteiger partial charge in [-0.25, -0.2) is 4.79 Å². The minimum atomic E-state index is -0.484. The van der Waals surface area contributed by atoms with Crippen molar-refractivity contribution in [3.8, 4) is 0 Å². The third kappa shape index (κ3) is 3.65. The number of hydrogen-bond acceptors (Lipinski definition) is 5. The van der Waals surface area contributed by atoms with Gasteiger partial charge in [0.2, 0.25) is 5.91 Å². The minimum Gasteiger partial charge on any atom is -0.383 e. The summed E-state index contributed by atoms with van der Waals surface area (Å²) in [5.41, 5.74) is 5.15. The van der Waals surface area contributed by atoms with Crippen molar-refractivity contribution in [1.82, 2.24) is 14.0 Å². The van der Waals surface area contributed by atoms with Gasteiger partial charge < -0.3 is 16.0 Å². The Bertz CT molecular complexity index is 630. The first-order valence-electron chi connectivity index (χ1n) is 6.84. The number of nitrogens with zero attached hydrogens (tertiary/aromatic N) is 3. The van der Waals surface area contributed by atoms with Crippen LogP contribution in [0.4, 0.5) is 11.5 Å². The number of carbonyl (C=O) groups is 1. The summed E-state index contributed by atoms with van der Waals surface area (Å²) in [6, 6.07) is 0. The molecular formula is C13H23N5O3. The summed E-state index contributed by atoms with van der Waals surface area (Å²) in [5, 5.41) is 2.87. The molecule has 0 aliphatic rings. The molecule has 0 aliphatic heterocycles. The van der Waals surface area contributed by atoms with E-state index in [1.807, 2.05) is 6.92 Å². The maximum Gasteiger partial charge on any atom is 0.332 e. The van der Waals surface area contributed by atoms with Crippen LogP contribution in [0.2, 0.25) is 0 Å². The second-order valence-corrected chi connectivity index (χ2v) is 5.02. The molecule has 0 saturated heterocycles. The smallest absolute Gasteiger partial charge is 0.332 e. The average Bonchev–Trinajstić information content (AvgIpc) is 2.44. The van der Waals surface area contributed by atoms with Gasteiger partial charge in [-0.05, 0) is 6.42 Å². The Kier molecular flexibility index (Phi) is 5.57. The normalized spacial score (nSPS) is 10.5. The van der Waals surface area contributed by atoms with Gasteiger partial charge in [-0.3, -0.25) is 18.7 Å². The fraction of sp³-hybridized carbons (Fsp3) is 0.615. The molecule has 118 valence electrons. The van der Waals surface area contributed by atoms with Gasteiger partial charge in [0.05, 0.1) is 0 Å². The molecule has 3 N–H and O–H groups in total. The molecule has 0 aliphatic carbocycles. The third-order valence-electron chi connectivity index (χ3n) is 3.17. The highest BCUT2D eigenvalue weighted by Crippen LogP contribution is 2.11. The van der Waals surface area contributed by atoms with Gasteiger partial charge in [-0.15, -0.1) is 0 Å². The summed E-state index contributed by atoms with van der Waals surface area (Å²) >= 11 is 0. The van der Waals surface area contributed by atoms with Gasteiger partial charge in [0.15, 0.2) is 0 Å². The van der Waals surface area contributed by atoms with Crippen LogP contribution >= 0.6 is 0 Å². The van der Waals surface area contributed by atoms with E-state index in [4.69, 9.17) is 5.73 Å². The summed E-state index contributed by atoms with van der Waals surface area (Å²) in [6.45, 7) is 2.63. The second-order valence-electron chi connectivity index (χ2n) is 5.02. The van der Waals surface area contributed by atoms with Crippen molar-refractivity contribution >= 4 is 17.4 Å². The number of nitrogens with two attached hydrogens (primary N) is 1. The SMILES string of the molecule is CCCn1c(N)c(NCCC(=O)N(C)C)c(=O)n(C)c1=O. The summed E-state index contributed by atoms with van der Waals surface area (Å²) in [7, 11) is 4.74. The number of hydrogen-bond donors (Lipinski definition) is 2. The number of anilines is 2. The van der Waals surface area contributed by atoms with E-state index in [0.717, 1.165) is 11.0 Å². The average molecular weight is 297 g/mol. The summed E-state index contributed by atoms with van der Waals surface area (Å²) in [4.78, 5) is 37.1. The molecule has 0 bridgehead atoms. The fourth-order valence-corrected chi connectivity index (χ4v) is 1.91. The first kappa shape index (κ1) is 16.8. The number of carbonyl (C=O) groups excluding carboxylic acids is 1. The summed E-state index contributed by atoms with van der Waals surface area (Å²) in [6.07, 6.45) is 0.962. The van der Waals surface area contributed by atoms with Crippen molar-refractivity contribution in [3.63, 3.8) is 0 Å². The maximum atomic E-state index is 12.1. The quantitative estimate of drug-likeness (QED) is 0.732. The van der Waals surface area contributed by atoms with Gasteiger partial charge >= 0.3 is 5.69 Å². The number of nitrogens with one attached hydrogen (secondary N) is 1. The molecule has 1 aromatic heterocycles. The number of nitrogen functional groups attached to an aromatic ring is 1. The highest BCUT2D eigenvalue weighted by molar-refractivity contribution is 5.76. The van der Waals surface area contributed by atoms with Crippen LogP contribution in [0.1, 0.15) is 19.8 Å².